The molecule has 2 nitrogen and oxygen atoms in total. The summed E-state index contributed by atoms with van der Waals surface area (Å²) in [6.07, 6.45) is 1.04. The van der Waals surface area contributed by atoms with Gasteiger partial charge in [-0.1, -0.05) is 20.8 Å². The van der Waals surface area contributed by atoms with Gasteiger partial charge in [0.1, 0.15) is 0 Å². The van der Waals surface area contributed by atoms with E-state index in [4.69, 9.17) is 0 Å². The predicted molar refractivity (Wildman–Crippen MR) is 58.1 cm³/mol. The highest BCUT2D eigenvalue weighted by molar-refractivity contribution is 7.07. The molecule has 0 aliphatic carbocycles. The lowest BCUT2D eigenvalue weighted by atomic mass is 9.97. The highest BCUT2D eigenvalue weighted by atomic mass is 32.1. The maximum atomic E-state index is 4.23. The summed E-state index contributed by atoms with van der Waals surface area (Å²) in [4.78, 5) is 4.23. The average molecular weight is 198 g/mol. The van der Waals surface area contributed by atoms with E-state index in [9.17, 15) is 0 Å². The van der Waals surface area contributed by atoms with Crippen molar-refractivity contribution in [2.75, 3.05) is 13.1 Å². The van der Waals surface area contributed by atoms with E-state index in [2.05, 4.69) is 36.5 Å². The smallest absolute Gasteiger partial charge is 0.0794 e. The molecule has 1 heterocycles. The SMILES string of the molecule is CC(C)(C)CNCCc1cscn1. The lowest BCUT2D eigenvalue weighted by Gasteiger charge is -2.18. The number of nitrogens with one attached hydrogen (secondary N) is 1. The number of aromatic nitrogens is 1. The van der Waals surface area contributed by atoms with Crippen molar-refractivity contribution in [1.82, 2.24) is 10.3 Å². The van der Waals surface area contributed by atoms with Crippen molar-refractivity contribution in [1.29, 1.82) is 0 Å². The first-order chi connectivity index (χ1) is 6.08. The van der Waals surface area contributed by atoms with Crippen molar-refractivity contribution >= 4 is 11.3 Å². The quantitative estimate of drug-likeness (QED) is 0.751. The summed E-state index contributed by atoms with van der Waals surface area (Å²) in [7, 11) is 0. The topological polar surface area (TPSA) is 24.9 Å². The molecule has 1 N–H and O–H groups in total. The van der Waals surface area contributed by atoms with Crippen molar-refractivity contribution < 1.29 is 0 Å². The third-order valence-electron chi connectivity index (χ3n) is 1.70. The largest absolute Gasteiger partial charge is 0.316 e. The molecule has 13 heavy (non-hydrogen) atoms. The number of hydrogen-bond acceptors (Lipinski definition) is 3. The van der Waals surface area contributed by atoms with E-state index in [0.717, 1.165) is 19.5 Å². The van der Waals surface area contributed by atoms with Crippen molar-refractivity contribution in [2.45, 2.75) is 27.2 Å². The van der Waals surface area contributed by atoms with Gasteiger partial charge in [0.2, 0.25) is 0 Å². The zero-order valence-corrected chi connectivity index (χ0v) is 9.45. The van der Waals surface area contributed by atoms with E-state index < -0.39 is 0 Å². The summed E-state index contributed by atoms with van der Waals surface area (Å²) < 4.78 is 0. The molecule has 0 fully saturated rings. The van der Waals surface area contributed by atoms with E-state index in [1.165, 1.54) is 5.69 Å². The summed E-state index contributed by atoms with van der Waals surface area (Å²) in [6, 6.07) is 0. The fourth-order valence-electron chi connectivity index (χ4n) is 1.04. The lowest BCUT2D eigenvalue weighted by Crippen LogP contribution is -2.28. The highest BCUT2D eigenvalue weighted by Gasteiger charge is 2.08. The Labute approximate surface area is 84.4 Å². The first-order valence-electron chi connectivity index (χ1n) is 4.66. The zero-order valence-electron chi connectivity index (χ0n) is 8.63. The highest BCUT2D eigenvalue weighted by Crippen LogP contribution is 2.10. The molecule has 0 atom stereocenters. The van der Waals surface area contributed by atoms with Crippen molar-refractivity contribution in [3.8, 4) is 0 Å². The van der Waals surface area contributed by atoms with Crippen LogP contribution in [0, 0.1) is 5.41 Å². The molecule has 74 valence electrons. The molecule has 1 rings (SSSR count). The Kier molecular flexibility index (Phi) is 3.88. The summed E-state index contributed by atoms with van der Waals surface area (Å²) >= 11 is 1.66. The molecule has 0 bridgehead atoms. The van der Waals surface area contributed by atoms with Crippen LogP contribution in [0.2, 0.25) is 0 Å². The summed E-state index contributed by atoms with van der Waals surface area (Å²) in [5.41, 5.74) is 3.47. The van der Waals surface area contributed by atoms with Gasteiger partial charge in [-0.05, 0) is 5.41 Å². The minimum atomic E-state index is 0.377. The molecule has 0 aliphatic rings. The third-order valence-corrected chi connectivity index (χ3v) is 2.33. The minimum absolute atomic E-state index is 0.377. The van der Waals surface area contributed by atoms with Gasteiger partial charge in [-0.25, -0.2) is 4.98 Å². The van der Waals surface area contributed by atoms with E-state index in [-0.39, 0.29) is 0 Å². The lowest BCUT2D eigenvalue weighted by molar-refractivity contribution is 0.381. The van der Waals surface area contributed by atoms with E-state index in [1.54, 1.807) is 11.3 Å². The Morgan fingerprint density at radius 2 is 2.23 bits per heavy atom. The van der Waals surface area contributed by atoms with Gasteiger partial charge in [0.15, 0.2) is 0 Å². The number of rotatable bonds is 4. The molecule has 0 amide bonds. The maximum Gasteiger partial charge on any atom is 0.0794 e. The fourth-order valence-corrected chi connectivity index (χ4v) is 1.63. The second kappa shape index (κ2) is 4.72. The van der Waals surface area contributed by atoms with Crippen molar-refractivity contribution in [2.24, 2.45) is 5.41 Å². The Hall–Kier alpha value is -0.410. The van der Waals surface area contributed by atoms with Crippen LogP contribution >= 0.6 is 11.3 Å². The molecule has 3 heteroatoms. The van der Waals surface area contributed by atoms with Crippen LogP contribution in [0.3, 0.4) is 0 Å². The number of nitrogens with zero attached hydrogens (tertiary/aromatic N) is 1. The third kappa shape index (κ3) is 5.01. The molecule has 0 unspecified atom stereocenters. The molecule has 0 aliphatic heterocycles. The predicted octanol–water partition coefficient (Wildman–Crippen LogP) is 2.32. The van der Waals surface area contributed by atoms with Crippen molar-refractivity contribution in [3.63, 3.8) is 0 Å². The Morgan fingerprint density at radius 1 is 1.46 bits per heavy atom. The van der Waals surface area contributed by atoms with E-state index in [1.807, 2.05) is 5.51 Å². The van der Waals surface area contributed by atoms with Crippen LogP contribution in [-0.2, 0) is 6.42 Å². The fraction of sp³-hybridized carbons (Fsp3) is 0.700. The monoisotopic (exact) mass is 198 g/mol. The molecular formula is C10H18N2S. The number of hydrogen-bond donors (Lipinski definition) is 1. The first kappa shape index (κ1) is 10.7. The van der Waals surface area contributed by atoms with Gasteiger partial charge < -0.3 is 5.32 Å². The van der Waals surface area contributed by atoms with Gasteiger partial charge in [0, 0.05) is 24.9 Å². The Bertz CT molecular complexity index is 224. The van der Waals surface area contributed by atoms with Gasteiger partial charge in [-0.2, -0.15) is 0 Å². The van der Waals surface area contributed by atoms with Gasteiger partial charge in [-0.3, -0.25) is 0 Å². The molecule has 1 aromatic heterocycles. The average Bonchev–Trinajstić information content (AvgIpc) is 2.48. The van der Waals surface area contributed by atoms with Gasteiger partial charge in [0.25, 0.3) is 0 Å². The molecule has 0 saturated carbocycles. The summed E-state index contributed by atoms with van der Waals surface area (Å²) in [5, 5.41) is 5.54. The molecule has 1 aromatic rings. The summed E-state index contributed by atoms with van der Waals surface area (Å²) in [5.74, 6) is 0. The van der Waals surface area contributed by atoms with E-state index >= 15 is 0 Å². The Balaban J connectivity index is 2.09. The molecule has 0 radical (unpaired) electrons. The second-order valence-electron chi connectivity index (χ2n) is 4.47. The van der Waals surface area contributed by atoms with E-state index in [0.29, 0.717) is 5.41 Å². The standard InChI is InChI=1S/C10H18N2S/c1-10(2,3)7-11-5-4-9-6-13-8-12-9/h6,8,11H,4-5,7H2,1-3H3. The van der Waals surface area contributed by atoms with Crippen LogP contribution in [0.4, 0.5) is 0 Å². The normalized spacial score (nSPS) is 11.9. The van der Waals surface area contributed by atoms with Crippen LogP contribution in [0.5, 0.6) is 0 Å². The molecular weight excluding hydrogens is 180 g/mol. The van der Waals surface area contributed by atoms with Gasteiger partial charge in [-0.15, -0.1) is 11.3 Å². The first-order valence-corrected chi connectivity index (χ1v) is 5.60. The zero-order chi connectivity index (χ0) is 9.73. The van der Waals surface area contributed by atoms with Crippen LogP contribution in [0.1, 0.15) is 26.5 Å². The second-order valence-corrected chi connectivity index (χ2v) is 5.19. The number of thiazole rings is 1. The molecule has 0 aromatic carbocycles. The van der Waals surface area contributed by atoms with Crippen LogP contribution in [-0.4, -0.2) is 18.1 Å². The van der Waals surface area contributed by atoms with Gasteiger partial charge >= 0.3 is 0 Å². The molecule has 0 saturated heterocycles. The van der Waals surface area contributed by atoms with Gasteiger partial charge in [0.05, 0.1) is 11.2 Å². The minimum Gasteiger partial charge on any atom is -0.316 e. The van der Waals surface area contributed by atoms with Crippen molar-refractivity contribution in [3.05, 3.63) is 16.6 Å². The molecule has 0 spiro atoms. The summed E-state index contributed by atoms with van der Waals surface area (Å²) in [6.45, 7) is 8.81. The van der Waals surface area contributed by atoms with Crippen LogP contribution in [0.15, 0.2) is 10.9 Å². The van der Waals surface area contributed by atoms with Crippen LogP contribution < -0.4 is 5.32 Å². The Morgan fingerprint density at radius 3 is 2.77 bits per heavy atom. The van der Waals surface area contributed by atoms with Crippen LogP contribution in [0.25, 0.3) is 0 Å². The maximum absolute atomic E-state index is 4.23.